The normalized spacial score (nSPS) is 11.1. The zero-order chi connectivity index (χ0) is 22.8. The number of benzene rings is 2. The summed E-state index contributed by atoms with van der Waals surface area (Å²) in [4.78, 5) is 13.3. The lowest BCUT2D eigenvalue weighted by Crippen LogP contribution is -2.09. The minimum absolute atomic E-state index is 0.158. The summed E-state index contributed by atoms with van der Waals surface area (Å²) in [6, 6.07) is 16.1. The number of carbonyl (C=O) groups is 1. The van der Waals surface area contributed by atoms with E-state index in [2.05, 4.69) is 27.6 Å². The van der Waals surface area contributed by atoms with E-state index >= 15 is 0 Å². The molecule has 0 fully saturated rings. The van der Waals surface area contributed by atoms with Crippen LogP contribution in [0.25, 0.3) is 10.8 Å². The third kappa shape index (κ3) is 4.80. The first-order valence-corrected chi connectivity index (χ1v) is 11.4. The first kappa shape index (κ1) is 21.0. The Balaban J connectivity index is 1.18. The van der Waals surface area contributed by atoms with Crippen LogP contribution in [-0.2, 0) is 20.2 Å². The Kier molecular flexibility index (Phi) is 5.66. The Hall–Kier alpha value is -3.91. The number of anilines is 1. The first-order chi connectivity index (χ1) is 16.0. The average Bonchev–Trinajstić information content (AvgIpc) is 3.53. The van der Waals surface area contributed by atoms with Gasteiger partial charge in [0.25, 0.3) is 5.91 Å². The lowest BCUT2D eigenvalue weighted by Gasteiger charge is -2.06. The molecule has 1 amide bonds. The quantitative estimate of drug-likeness (QED) is 0.372. The van der Waals surface area contributed by atoms with Crippen LogP contribution in [0.3, 0.4) is 0 Å². The van der Waals surface area contributed by atoms with Crippen molar-refractivity contribution in [2.75, 3.05) is 5.32 Å². The number of hydrogen-bond acceptors (Lipinski definition) is 5. The van der Waals surface area contributed by atoms with Crippen molar-refractivity contribution in [1.29, 1.82) is 0 Å². The molecule has 33 heavy (non-hydrogen) atoms. The molecule has 8 heteroatoms. The van der Waals surface area contributed by atoms with Crippen LogP contribution in [0.1, 0.15) is 26.5 Å². The minimum Gasteiger partial charge on any atom is -0.489 e. The number of aromatic nitrogens is 4. The molecule has 0 atom stereocenters. The summed E-state index contributed by atoms with van der Waals surface area (Å²) in [6.45, 7) is 2.98. The van der Waals surface area contributed by atoms with E-state index < -0.39 is 0 Å². The van der Waals surface area contributed by atoms with Crippen molar-refractivity contribution in [3.05, 3.63) is 94.2 Å². The molecule has 0 spiro atoms. The van der Waals surface area contributed by atoms with Crippen molar-refractivity contribution in [2.45, 2.75) is 20.1 Å². The fourth-order valence-electron chi connectivity index (χ4n) is 3.68. The first-order valence-electron chi connectivity index (χ1n) is 10.6. The van der Waals surface area contributed by atoms with Crippen LogP contribution in [-0.4, -0.2) is 25.5 Å². The maximum absolute atomic E-state index is 12.7. The summed E-state index contributed by atoms with van der Waals surface area (Å²) in [5.41, 5.74) is 3.67. The van der Waals surface area contributed by atoms with Gasteiger partial charge in [0.15, 0.2) is 0 Å². The van der Waals surface area contributed by atoms with Gasteiger partial charge in [-0.3, -0.25) is 14.2 Å². The largest absolute Gasteiger partial charge is 0.489 e. The number of fused-ring (bicyclic) bond motifs is 1. The highest BCUT2D eigenvalue weighted by molar-refractivity contribution is 7.12. The SMILES string of the molecule is Cc1nn(C)cc1Cn1cc(NC(=O)c2cc(COc3ccc4ccccc4c3)cs2)cn1. The molecule has 0 aliphatic carbocycles. The summed E-state index contributed by atoms with van der Waals surface area (Å²) in [5, 5.41) is 15.9. The summed E-state index contributed by atoms with van der Waals surface area (Å²) in [6.07, 6.45) is 5.45. The number of nitrogens with zero attached hydrogens (tertiary/aromatic N) is 4. The highest BCUT2D eigenvalue weighted by Gasteiger charge is 2.12. The number of nitrogens with one attached hydrogen (secondary N) is 1. The van der Waals surface area contributed by atoms with E-state index in [4.69, 9.17) is 4.74 Å². The molecule has 7 nitrogen and oxygen atoms in total. The van der Waals surface area contributed by atoms with E-state index in [-0.39, 0.29) is 5.91 Å². The van der Waals surface area contributed by atoms with Crippen LogP contribution >= 0.6 is 11.3 Å². The van der Waals surface area contributed by atoms with Gasteiger partial charge in [-0.25, -0.2) is 0 Å². The van der Waals surface area contributed by atoms with E-state index in [1.807, 2.05) is 68.1 Å². The number of aryl methyl sites for hydroxylation is 2. The van der Waals surface area contributed by atoms with Crippen molar-refractivity contribution in [2.24, 2.45) is 7.05 Å². The fourth-order valence-corrected chi connectivity index (χ4v) is 4.47. The summed E-state index contributed by atoms with van der Waals surface area (Å²) in [5.74, 6) is 0.649. The zero-order valence-corrected chi connectivity index (χ0v) is 19.2. The van der Waals surface area contributed by atoms with E-state index in [9.17, 15) is 4.79 Å². The molecule has 5 rings (SSSR count). The molecule has 3 aromatic heterocycles. The Morgan fingerprint density at radius 3 is 2.79 bits per heavy atom. The Morgan fingerprint density at radius 2 is 1.97 bits per heavy atom. The number of amides is 1. The molecule has 5 aromatic rings. The van der Waals surface area contributed by atoms with Crippen LogP contribution in [0.4, 0.5) is 5.69 Å². The van der Waals surface area contributed by atoms with Crippen LogP contribution in [0.15, 0.2) is 72.5 Å². The second-order valence-electron chi connectivity index (χ2n) is 7.91. The van der Waals surface area contributed by atoms with Gasteiger partial charge < -0.3 is 10.1 Å². The van der Waals surface area contributed by atoms with E-state index in [0.717, 1.165) is 28.0 Å². The van der Waals surface area contributed by atoms with Gasteiger partial charge in [0.05, 0.1) is 29.0 Å². The number of thiophene rings is 1. The van der Waals surface area contributed by atoms with E-state index in [0.29, 0.717) is 23.7 Å². The Labute approximate surface area is 195 Å². The van der Waals surface area contributed by atoms with Gasteiger partial charge in [0.2, 0.25) is 0 Å². The molecule has 0 aliphatic rings. The summed E-state index contributed by atoms with van der Waals surface area (Å²) < 4.78 is 9.51. The van der Waals surface area contributed by atoms with Crippen molar-refractivity contribution >= 4 is 33.7 Å². The van der Waals surface area contributed by atoms with Crippen molar-refractivity contribution in [3.8, 4) is 5.75 Å². The molecule has 0 unspecified atom stereocenters. The second kappa shape index (κ2) is 8.91. The van der Waals surface area contributed by atoms with Crippen LogP contribution < -0.4 is 10.1 Å². The van der Waals surface area contributed by atoms with Crippen molar-refractivity contribution in [1.82, 2.24) is 19.6 Å². The number of hydrogen-bond donors (Lipinski definition) is 1. The van der Waals surface area contributed by atoms with Crippen molar-refractivity contribution in [3.63, 3.8) is 0 Å². The molecule has 3 heterocycles. The molecule has 0 bridgehead atoms. The molecule has 0 saturated heterocycles. The Bertz CT molecular complexity index is 1430. The standard InChI is InChI=1S/C25H23N5O2S/c1-17-21(12-29(2)28-17)13-30-14-22(11-26-30)27-25(31)24-9-18(16-33-24)15-32-23-8-7-19-5-3-4-6-20(19)10-23/h3-12,14,16H,13,15H2,1-2H3,(H,27,31). The Morgan fingerprint density at radius 1 is 1.12 bits per heavy atom. The second-order valence-corrected chi connectivity index (χ2v) is 8.82. The maximum atomic E-state index is 12.7. The predicted octanol–water partition coefficient (Wildman–Crippen LogP) is 5.02. The predicted molar refractivity (Wildman–Crippen MR) is 130 cm³/mol. The highest BCUT2D eigenvalue weighted by Crippen LogP contribution is 2.23. The lowest BCUT2D eigenvalue weighted by molar-refractivity contribution is 0.103. The van der Waals surface area contributed by atoms with E-state index in [1.165, 1.54) is 16.7 Å². The lowest BCUT2D eigenvalue weighted by atomic mass is 10.1. The highest BCUT2D eigenvalue weighted by atomic mass is 32.1. The van der Waals surface area contributed by atoms with Crippen LogP contribution in [0, 0.1) is 6.92 Å². The molecule has 0 saturated carbocycles. The van der Waals surface area contributed by atoms with Gasteiger partial charge in [0.1, 0.15) is 12.4 Å². The molecular weight excluding hydrogens is 434 g/mol. The van der Waals surface area contributed by atoms with E-state index in [1.54, 1.807) is 15.6 Å². The average molecular weight is 458 g/mol. The monoisotopic (exact) mass is 457 g/mol. The molecule has 0 radical (unpaired) electrons. The third-order valence-electron chi connectivity index (χ3n) is 5.34. The number of ether oxygens (including phenoxy) is 1. The zero-order valence-electron chi connectivity index (χ0n) is 18.4. The van der Waals surface area contributed by atoms with Gasteiger partial charge in [-0.05, 0) is 41.3 Å². The summed E-state index contributed by atoms with van der Waals surface area (Å²) >= 11 is 1.40. The topological polar surface area (TPSA) is 74.0 Å². The fraction of sp³-hybridized carbons (Fsp3) is 0.160. The van der Waals surface area contributed by atoms with Crippen LogP contribution in [0.2, 0.25) is 0 Å². The third-order valence-corrected chi connectivity index (χ3v) is 6.32. The van der Waals surface area contributed by atoms with Crippen molar-refractivity contribution < 1.29 is 9.53 Å². The molecule has 0 aliphatic heterocycles. The minimum atomic E-state index is -0.158. The van der Waals surface area contributed by atoms with Crippen LogP contribution in [0.5, 0.6) is 5.75 Å². The molecule has 166 valence electrons. The molecule has 1 N–H and O–H groups in total. The van der Waals surface area contributed by atoms with Gasteiger partial charge >= 0.3 is 0 Å². The van der Waals surface area contributed by atoms with Gasteiger partial charge in [0, 0.05) is 30.6 Å². The smallest absolute Gasteiger partial charge is 0.265 e. The van der Waals surface area contributed by atoms with Gasteiger partial charge in [-0.1, -0.05) is 30.3 Å². The van der Waals surface area contributed by atoms with Gasteiger partial charge in [-0.2, -0.15) is 10.2 Å². The summed E-state index contributed by atoms with van der Waals surface area (Å²) in [7, 11) is 1.90. The molecule has 2 aromatic carbocycles. The maximum Gasteiger partial charge on any atom is 0.265 e. The number of carbonyl (C=O) groups excluding carboxylic acids is 1. The molecular formula is C25H23N5O2S. The number of rotatable bonds is 7. The van der Waals surface area contributed by atoms with Gasteiger partial charge in [-0.15, -0.1) is 11.3 Å².